The zero-order valence-electron chi connectivity index (χ0n) is 19.7. The predicted octanol–water partition coefficient (Wildman–Crippen LogP) is 7.91. The number of halogens is 1. The maximum Gasteiger partial charge on any atom is 0.129 e. The molecule has 3 aromatic carbocycles. The second-order valence-corrected chi connectivity index (χ2v) is 9.08. The van der Waals surface area contributed by atoms with Crippen molar-refractivity contribution >= 4 is 34.8 Å². The number of hydrogen-bond acceptors (Lipinski definition) is 4. The number of rotatable bonds is 6. The van der Waals surface area contributed by atoms with E-state index in [0.29, 0.717) is 10.8 Å². The normalized spacial score (nSPS) is 14.7. The molecule has 0 fully saturated rings. The summed E-state index contributed by atoms with van der Waals surface area (Å²) in [4.78, 5) is 7.07. The largest absolute Gasteiger partial charge is 0.496 e. The third-order valence-electron chi connectivity index (χ3n) is 5.87. The molecule has 0 N–H and O–H groups in total. The smallest absolute Gasteiger partial charge is 0.129 e. The lowest BCUT2D eigenvalue weighted by Gasteiger charge is -2.43. The topological polar surface area (TPSA) is 34.1 Å². The molecular formula is C28H29ClN2O2. The molecule has 1 aliphatic heterocycles. The number of methoxy groups -OCH3 is 1. The molecule has 0 saturated carbocycles. The standard InChI is InChI=1S/C28H29ClN2O2/c1-6-31-26-16-27(32-5)20(14-25(26)19(2)17-28(31,3)4)18-30-22-10-12-23(13-11-22)33-24-9-7-8-21(29)15-24/h7-18H,6H2,1-5H3. The van der Waals surface area contributed by atoms with E-state index in [4.69, 9.17) is 21.1 Å². The van der Waals surface area contributed by atoms with Gasteiger partial charge in [0.05, 0.1) is 18.3 Å². The number of aliphatic imine (C=N–C) groups is 1. The molecule has 4 rings (SSSR count). The van der Waals surface area contributed by atoms with E-state index in [9.17, 15) is 0 Å². The van der Waals surface area contributed by atoms with Crippen LogP contribution in [0.15, 0.2) is 71.7 Å². The number of hydrogen-bond donors (Lipinski definition) is 0. The van der Waals surface area contributed by atoms with Gasteiger partial charge in [-0.3, -0.25) is 4.99 Å². The summed E-state index contributed by atoms with van der Waals surface area (Å²) in [6.45, 7) is 9.75. The van der Waals surface area contributed by atoms with Crippen LogP contribution in [0.5, 0.6) is 17.2 Å². The van der Waals surface area contributed by atoms with E-state index in [1.807, 2.05) is 48.7 Å². The molecule has 0 spiro atoms. The molecule has 0 bridgehead atoms. The van der Waals surface area contributed by atoms with Gasteiger partial charge in [-0.1, -0.05) is 23.7 Å². The van der Waals surface area contributed by atoms with Gasteiger partial charge in [-0.15, -0.1) is 0 Å². The minimum atomic E-state index is -0.0403. The van der Waals surface area contributed by atoms with E-state index in [-0.39, 0.29) is 5.54 Å². The zero-order chi connectivity index (χ0) is 23.6. The lowest BCUT2D eigenvalue weighted by Crippen LogP contribution is -2.44. The minimum absolute atomic E-state index is 0.0403. The number of anilines is 1. The number of benzene rings is 3. The molecule has 0 aliphatic carbocycles. The third kappa shape index (κ3) is 4.91. The van der Waals surface area contributed by atoms with E-state index in [2.05, 4.69) is 55.8 Å². The van der Waals surface area contributed by atoms with E-state index in [1.54, 1.807) is 13.2 Å². The van der Waals surface area contributed by atoms with Gasteiger partial charge >= 0.3 is 0 Å². The van der Waals surface area contributed by atoms with Crippen molar-refractivity contribution in [2.75, 3.05) is 18.6 Å². The Morgan fingerprint density at radius 1 is 1.03 bits per heavy atom. The average molecular weight is 461 g/mol. The summed E-state index contributed by atoms with van der Waals surface area (Å²) in [5.41, 5.74) is 5.40. The summed E-state index contributed by atoms with van der Waals surface area (Å²) in [6, 6.07) is 19.3. The fourth-order valence-corrected chi connectivity index (χ4v) is 4.57. The van der Waals surface area contributed by atoms with Crippen LogP contribution in [0.3, 0.4) is 0 Å². The van der Waals surface area contributed by atoms with Gasteiger partial charge in [-0.05, 0) is 81.8 Å². The molecule has 170 valence electrons. The molecule has 1 heterocycles. The van der Waals surface area contributed by atoms with Crippen molar-refractivity contribution in [2.24, 2.45) is 4.99 Å². The summed E-state index contributed by atoms with van der Waals surface area (Å²) in [6.07, 6.45) is 4.18. The molecular weight excluding hydrogens is 432 g/mol. The van der Waals surface area contributed by atoms with Crippen LogP contribution in [0.25, 0.3) is 5.57 Å². The van der Waals surface area contributed by atoms with Crippen LogP contribution >= 0.6 is 11.6 Å². The van der Waals surface area contributed by atoms with Crippen molar-refractivity contribution < 1.29 is 9.47 Å². The molecule has 1 aliphatic rings. The van der Waals surface area contributed by atoms with Crippen molar-refractivity contribution in [2.45, 2.75) is 33.2 Å². The molecule has 4 nitrogen and oxygen atoms in total. The molecule has 0 aromatic heterocycles. The SMILES string of the molecule is CCN1c2cc(OC)c(C=Nc3ccc(Oc4cccc(Cl)c4)cc3)cc2C(C)=CC1(C)C. The van der Waals surface area contributed by atoms with Crippen LogP contribution in [0.2, 0.25) is 5.02 Å². The Morgan fingerprint density at radius 3 is 2.45 bits per heavy atom. The van der Waals surface area contributed by atoms with Gasteiger partial charge in [-0.2, -0.15) is 0 Å². The minimum Gasteiger partial charge on any atom is -0.496 e. The Labute approximate surface area is 201 Å². The lowest BCUT2D eigenvalue weighted by atomic mass is 9.88. The Bertz CT molecular complexity index is 1210. The first-order chi connectivity index (χ1) is 15.8. The summed E-state index contributed by atoms with van der Waals surface area (Å²) in [7, 11) is 1.70. The highest BCUT2D eigenvalue weighted by Crippen LogP contribution is 2.41. The first-order valence-corrected chi connectivity index (χ1v) is 11.5. The maximum atomic E-state index is 6.03. The van der Waals surface area contributed by atoms with Gasteiger partial charge in [-0.25, -0.2) is 0 Å². The van der Waals surface area contributed by atoms with Crippen molar-refractivity contribution in [3.05, 3.63) is 82.9 Å². The van der Waals surface area contributed by atoms with E-state index < -0.39 is 0 Å². The van der Waals surface area contributed by atoms with Crippen LogP contribution in [-0.2, 0) is 0 Å². The molecule has 0 unspecified atom stereocenters. The fraction of sp³-hybridized carbons (Fsp3) is 0.250. The van der Waals surface area contributed by atoms with Crippen molar-refractivity contribution in [3.63, 3.8) is 0 Å². The Kier molecular flexibility index (Phi) is 6.48. The number of fused-ring (bicyclic) bond motifs is 1. The number of ether oxygens (including phenoxy) is 2. The molecule has 0 atom stereocenters. The first-order valence-electron chi connectivity index (χ1n) is 11.1. The predicted molar refractivity (Wildman–Crippen MR) is 139 cm³/mol. The molecule has 0 saturated heterocycles. The van der Waals surface area contributed by atoms with E-state index in [0.717, 1.165) is 29.3 Å². The van der Waals surface area contributed by atoms with Crippen LogP contribution < -0.4 is 14.4 Å². The zero-order valence-corrected chi connectivity index (χ0v) is 20.5. The summed E-state index contributed by atoms with van der Waals surface area (Å²) in [5, 5.41) is 0.642. The monoisotopic (exact) mass is 460 g/mol. The highest BCUT2D eigenvalue weighted by atomic mass is 35.5. The van der Waals surface area contributed by atoms with E-state index >= 15 is 0 Å². The quantitative estimate of drug-likeness (QED) is 0.350. The van der Waals surface area contributed by atoms with Crippen LogP contribution in [0, 0.1) is 0 Å². The fourth-order valence-electron chi connectivity index (χ4n) is 4.39. The molecule has 0 amide bonds. The van der Waals surface area contributed by atoms with Gasteiger partial charge < -0.3 is 14.4 Å². The first kappa shape index (κ1) is 22.9. The Morgan fingerprint density at radius 2 is 1.79 bits per heavy atom. The van der Waals surface area contributed by atoms with Gasteiger partial charge in [0, 0.05) is 40.7 Å². The maximum absolute atomic E-state index is 6.03. The van der Waals surface area contributed by atoms with Crippen molar-refractivity contribution in [1.29, 1.82) is 0 Å². The highest BCUT2D eigenvalue weighted by Gasteiger charge is 2.31. The van der Waals surface area contributed by atoms with Gasteiger partial charge in [0.1, 0.15) is 17.2 Å². The molecule has 0 radical (unpaired) electrons. The Hall–Kier alpha value is -3.24. The van der Waals surface area contributed by atoms with Crippen LogP contribution in [0.1, 0.15) is 38.8 Å². The third-order valence-corrected chi connectivity index (χ3v) is 6.10. The average Bonchev–Trinajstić information content (AvgIpc) is 2.78. The molecule has 33 heavy (non-hydrogen) atoms. The number of nitrogens with zero attached hydrogens (tertiary/aromatic N) is 2. The summed E-state index contributed by atoms with van der Waals surface area (Å²) < 4.78 is 11.6. The summed E-state index contributed by atoms with van der Waals surface area (Å²) in [5.74, 6) is 2.23. The second kappa shape index (κ2) is 9.32. The Balaban J connectivity index is 1.59. The summed E-state index contributed by atoms with van der Waals surface area (Å²) >= 11 is 6.03. The van der Waals surface area contributed by atoms with E-state index in [1.165, 1.54) is 16.8 Å². The highest BCUT2D eigenvalue weighted by molar-refractivity contribution is 6.30. The second-order valence-electron chi connectivity index (χ2n) is 8.65. The molecule has 3 aromatic rings. The van der Waals surface area contributed by atoms with Crippen molar-refractivity contribution in [3.8, 4) is 17.2 Å². The number of allylic oxidation sites excluding steroid dienone is 1. The lowest BCUT2D eigenvalue weighted by molar-refractivity contribution is 0.413. The van der Waals surface area contributed by atoms with Crippen molar-refractivity contribution in [1.82, 2.24) is 0 Å². The van der Waals surface area contributed by atoms with Gasteiger partial charge in [0.25, 0.3) is 0 Å². The number of likely N-dealkylation sites (N-methyl/N-ethyl adjacent to an activating group) is 1. The molecule has 5 heteroatoms. The van der Waals surface area contributed by atoms with Gasteiger partial charge in [0.15, 0.2) is 0 Å². The van der Waals surface area contributed by atoms with Crippen LogP contribution in [0.4, 0.5) is 11.4 Å². The van der Waals surface area contributed by atoms with Crippen LogP contribution in [-0.4, -0.2) is 25.4 Å². The van der Waals surface area contributed by atoms with Gasteiger partial charge in [0.2, 0.25) is 0 Å².